The fourth-order valence-electron chi connectivity index (χ4n) is 1.34. The molecule has 0 bridgehead atoms. The van der Waals surface area contributed by atoms with Crippen LogP contribution in [0.4, 0.5) is 5.00 Å². The fourth-order valence-corrected chi connectivity index (χ4v) is 2.47. The first-order valence-corrected chi connectivity index (χ1v) is 6.63. The highest BCUT2D eigenvalue weighted by molar-refractivity contribution is 7.14. The van der Waals surface area contributed by atoms with E-state index in [4.69, 9.17) is 28.9 Å². The van der Waals surface area contributed by atoms with E-state index in [9.17, 15) is 9.59 Å². The lowest BCUT2D eigenvalue weighted by Crippen LogP contribution is -2.17. The lowest BCUT2D eigenvalue weighted by Gasteiger charge is -2.05. The van der Waals surface area contributed by atoms with Crippen LogP contribution in [0, 0.1) is 0 Å². The number of hydrogen-bond acceptors (Lipinski definition) is 4. The van der Waals surface area contributed by atoms with E-state index in [1.54, 1.807) is 5.38 Å². The summed E-state index contributed by atoms with van der Waals surface area (Å²) in [7, 11) is 0. The van der Waals surface area contributed by atoms with Crippen molar-refractivity contribution in [3.63, 3.8) is 0 Å². The van der Waals surface area contributed by atoms with Gasteiger partial charge in [-0.2, -0.15) is 0 Å². The zero-order chi connectivity index (χ0) is 14.0. The van der Waals surface area contributed by atoms with E-state index in [0.29, 0.717) is 5.00 Å². The van der Waals surface area contributed by atoms with E-state index in [1.165, 1.54) is 29.5 Å². The van der Waals surface area contributed by atoms with E-state index in [-0.39, 0.29) is 21.4 Å². The van der Waals surface area contributed by atoms with Gasteiger partial charge in [-0.05, 0) is 23.6 Å². The van der Waals surface area contributed by atoms with Crippen molar-refractivity contribution in [2.24, 2.45) is 5.73 Å². The average molecular weight is 316 g/mol. The molecule has 2 amide bonds. The van der Waals surface area contributed by atoms with Gasteiger partial charge in [-0.25, -0.2) is 4.98 Å². The summed E-state index contributed by atoms with van der Waals surface area (Å²) >= 11 is 12.7. The van der Waals surface area contributed by atoms with Crippen molar-refractivity contribution in [1.82, 2.24) is 4.98 Å². The standard InChI is InChI=1S/C11H7Cl2N3O2S/c12-6-1-2-7(13)15-8(6)10(18)16-11-5(9(14)17)3-4-19-11/h1-4H,(H2,14,17)(H,16,18). The number of carbonyl (C=O) groups excluding carboxylic acids is 2. The van der Waals surface area contributed by atoms with Gasteiger partial charge in [0.25, 0.3) is 11.8 Å². The number of nitrogens with one attached hydrogen (secondary N) is 1. The predicted octanol–water partition coefficient (Wildman–Crippen LogP) is 2.80. The second-order valence-corrected chi connectivity index (χ2v) is 5.16. The van der Waals surface area contributed by atoms with Gasteiger partial charge in [0.2, 0.25) is 0 Å². The Labute approximate surface area is 122 Å². The molecular weight excluding hydrogens is 309 g/mol. The van der Waals surface area contributed by atoms with Crippen molar-refractivity contribution in [1.29, 1.82) is 0 Å². The number of hydrogen-bond donors (Lipinski definition) is 2. The Balaban J connectivity index is 2.28. The predicted molar refractivity (Wildman–Crippen MR) is 75.0 cm³/mol. The van der Waals surface area contributed by atoms with Crippen molar-refractivity contribution in [3.8, 4) is 0 Å². The highest BCUT2D eigenvalue weighted by Gasteiger charge is 2.17. The van der Waals surface area contributed by atoms with Crippen LogP contribution >= 0.6 is 34.5 Å². The maximum atomic E-state index is 12.0. The first-order valence-electron chi connectivity index (χ1n) is 4.99. The van der Waals surface area contributed by atoms with Gasteiger partial charge in [-0.3, -0.25) is 9.59 Å². The minimum absolute atomic E-state index is 0.0158. The van der Waals surface area contributed by atoms with Gasteiger partial charge in [0, 0.05) is 0 Å². The number of amides is 2. The molecule has 0 aliphatic heterocycles. The molecule has 0 aliphatic rings. The summed E-state index contributed by atoms with van der Waals surface area (Å²) in [6, 6.07) is 4.46. The Bertz CT molecular complexity index is 657. The van der Waals surface area contributed by atoms with Crippen molar-refractivity contribution >= 4 is 51.4 Å². The van der Waals surface area contributed by atoms with Crippen LogP contribution in [0.2, 0.25) is 10.2 Å². The Morgan fingerprint density at radius 3 is 2.68 bits per heavy atom. The highest BCUT2D eigenvalue weighted by atomic mass is 35.5. The SMILES string of the molecule is NC(=O)c1ccsc1NC(=O)c1nc(Cl)ccc1Cl. The first kappa shape index (κ1) is 13.8. The molecule has 0 fully saturated rings. The lowest BCUT2D eigenvalue weighted by atomic mass is 10.3. The number of rotatable bonds is 3. The van der Waals surface area contributed by atoms with Gasteiger partial charge in [0.1, 0.15) is 15.8 Å². The molecule has 0 atom stereocenters. The summed E-state index contributed by atoms with van der Waals surface area (Å²) in [5, 5.41) is 4.83. The number of aromatic nitrogens is 1. The topological polar surface area (TPSA) is 85.1 Å². The largest absolute Gasteiger partial charge is 0.366 e. The van der Waals surface area contributed by atoms with Crippen LogP contribution in [0.15, 0.2) is 23.6 Å². The second kappa shape index (κ2) is 5.56. The highest BCUT2D eigenvalue weighted by Crippen LogP contribution is 2.24. The Kier molecular flexibility index (Phi) is 4.04. The Morgan fingerprint density at radius 2 is 2.00 bits per heavy atom. The fraction of sp³-hybridized carbons (Fsp3) is 0. The third-order valence-electron chi connectivity index (χ3n) is 2.18. The normalized spacial score (nSPS) is 10.2. The molecule has 2 aromatic heterocycles. The zero-order valence-corrected chi connectivity index (χ0v) is 11.6. The van der Waals surface area contributed by atoms with Gasteiger partial charge < -0.3 is 11.1 Å². The number of halogens is 2. The van der Waals surface area contributed by atoms with Crippen LogP contribution in [0.1, 0.15) is 20.8 Å². The molecule has 19 heavy (non-hydrogen) atoms. The van der Waals surface area contributed by atoms with Crippen molar-refractivity contribution in [2.75, 3.05) is 5.32 Å². The smallest absolute Gasteiger partial charge is 0.276 e. The molecular formula is C11H7Cl2N3O2S. The summed E-state index contributed by atoms with van der Waals surface area (Å²) in [5.74, 6) is -1.18. The number of nitrogens with two attached hydrogens (primary N) is 1. The molecule has 0 radical (unpaired) electrons. The lowest BCUT2D eigenvalue weighted by molar-refractivity contribution is 0.100. The summed E-state index contributed by atoms with van der Waals surface area (Å²) in [6.45, 7) is 0. The van der Waals surface area contributed by atoms with Gasteiger partial charge in [-0.1, -0.05) is 23.2 Å². The molecule has 98 valence electrons. The number of anilines is 1. The van der Waals surface area contributed by atoms with Gasteiger partial charge in [-0.15, -0.1) is 11.3 Å². The molecule has 2 heterocycles. The summed E-state index contributed by atoms with van der Waals surface area (Å²) < 4.78 is 0. The molecule has 5 nitrogen and oxygen atoms in total. The minimum Gasteiger partial charge on any atom is -0.366 e. The number of carbonyl (C=O) groups is 2. The van der Waals surface area contributed by atoms with E-state index in [1.807, 2.05) is 0 Å². The maximum absolute atomic E-state index is 12.0. The number of primary amides is 1. The summed E-state index contributed by atoms with van der Waals surface area (Å²) in [5.41, 5.74) is 5.40. The number of nitrogens with zero attached hydrogens (tertiary/aromatic N) is 1. The van der Waals surface area contributed by atoms with Gasteiger partial charge >= 0.3 is 0 Å². The number of thiophene rings is 1. The third-order valence-corrected chi connectivity index (χ3v) is 3.53. The van der Waals surface area contributed by atoms with Crippen LogP contribution in [0.3, 0.4) is 0 Å². The molecule has 3 N–H and O–H groups in total. The molecule has 0 aliphatic carbocycles. The number of pyridine rings is 1. The van der Waals surface area contributed by atoms with Gasteiger partial charge in [0.05, 0.1) is 10.6 Å². The average Bonchev–Trinajstić information content (AvgIpc) is 2.80. The zero-order valence-electron chi connectivity index (χ0n) is 9.31. The molecule has 0 saturated carbocycles. The van der Waals surface area contributed by atoms with Crippen molar-refractivity contribution in [3.05, 3.63) is 45.0 Å². The molecule has 0 saturated heterocycles. The first-order chi connectivity index (χ1) is 8.99. The molecule has 8 heteroatoms. The van der Waals surface area contributed by atoms with Crippen LogP contribution in [-0.2, 0) is 0 Å². The van der Waals surface area contributed by atoms with E-state index >= 15 is 0 Å². The van der Waals surface area contributed by atoms with Crippen LogP contribution in [-0.4, -0.2) is 16.8 Å². The van der Waals surface area contributed by atoms with Crippen molar-refractivity contribution < 1.29 is 9.59 Å². The van der Waals surface area contributed by atoms with E-state index < -0.39 is 11.8 Å². The minimum atomic E-state index is -0.623. The molecule has 2 rings (SSSR count). The van der Waals surface area contributed by atoms with Crippen LogP contribution in [0.5, 0.6) is 0 Å². The maximum Gasteiger partial charge on any atom is 0.276 e. The third kappa shape index (κ3) is 3.04. The Morgan fingerprint density at radius 1 is 1.26 bits per heavy atom. The quantitative estimate of drug-likeness (QED) is 0.854. The summed E-state index contributed by atoms with van der Waals surface area (Å²) in [6.07, 6.45) is 0. The van der Waals surface area contributed by atoms with Crippen molar-refractivity contribution in [2.45, 2.75) is 0 Å². The monoisotopic (exact) mass is 315 g/mol. The molecule has 2 aromatic rings. The molecule has 0 aromatic carbocycles. The molecule has 0 unspecified atom stereocenters. The van der Waals surface area contributed by atoms with Crippen LogP contribution in [0.25, 0.3) is 0 Å². The van der Waals surface area contributed by atoms with E-state index in [0.717, 1.165) is 0 Å². The Hall–Kier alpha value is -1.63. The summed E-state index contributed by atoms with van der Waals surface area (Å²) in [4.78, 5) is 27.0. The second-order valence-electron chi connectivity index (χ2n) is 3.45. The van der Waals surface area contributed by atoms with Gasteiger partial charge in [0.15, 0.2) is 0 Å². The molecule has 0 spiro atoms. The van der Waals surface area contributed by atoms with E-state index in [2.05, 4.69) is 10.3 Å². The van der Waals surface area contributed by atoms with Crippen LogP contribution < -0.4 is 11.1 Å².